The second-order valence-electron chi connectivity index (χ2n) is 7.74. The van der Waals surface area contributed by atoms with Gasteiger partial charge in [-0.25, -0.2) is 0 Å². The summed E-state index contributed by atoms with van der Waals surface area (Å²) in [7, 11) is 0. The molecule has 31 heavy (non-hydrogen) atoms. The largest absolute Gasteiger partial charge is 0.399 e. The van der Waals surface area contributed by atoms with Crippen LogP contribution < -0.4 is 22.1 Å². The van der Waals surface area contributed by atoms with Crippen LogP contribution in [0.5, 0.6) is 0 Å². The molecule has 0 fully saturated rings. The average Bonchev–Trinajstić information content (AvgIpc) is 2.78. The first kappa shape index (κ1) is 18.8. The van der Waals surface area contributed by atoms with Crippen LogP contribution in [0.15, 0.2) is 84.9 Å². The Morgan fingerprint density at radius 1 is 0.548 bits per heavy atom. The molecule has 0 amide bonds. The summed E-state index contributed by atoms with van der Waals surface area (Å²) in [6, 6.07) is 27.0. The Balaban J connectivity index is 1.42. The van der Waals surface area contributed by atoms with Gasteiger partial charge in [0, 0.05) is 45.3 Å². The SMILES string of the molecule is Nc1ccc(Nc2ccc3c(c2)C(=O)c2cc(Nc4ccc(N)cc4)ccc2C3)cc1. The van der Waals surface area contributed by atoms with Gasteiger partial charge in [-0.1, -0.05) is 12.1 Å². The molecule has 4 aromatic rings. The lowest BCUT2D eigenvalue weighted by Crippen LogP contribution is -2.15. The van der Waals surface area contributed by atoms with Crippen molar-refractivity contribution in [1.82, 2.24) is 0 Å². The number of nitrogens with two attached hydrogens (primary N) is 2. The maximum absolute atomic E-state index is 13.3. The van der Waals surface area contributed by atoms with Crippen LogP contribution in [-0.4, -0.2) is 5.78 Å². The van der Waals surface area contributed by atoms with E-state index in [2.05, 4.69) is 10.6 Å². The Bertz CT molecular complexity index is 1180. The monoisotopic (exact) mass is 406 g/mol. The topological polar surface area (TPSA) is 93.2 Å². The zero-order valence-corrected chi connectivity index (χ0v) is 16.9. The van der Waals surface area contributed by atoms with E-state index in [9.17, 15) is 4.79 Å². The number of carbonyl (C=O) groups excluding carboxylic acids is 1. The molecule has 152 valence electrons. The summed E-state index contributed by atoms with van der Waals surface area (Å²) in [6.45, 7) is 0. The molecule has 6 N–H and O–H groups in total. The molecule has 0 aliphatic heterocycles. The molecular weight excluding hydrogens is 384 g/mol. The summed E-state index contributed by atoms with van der Waals surface area (Å²) < 4.78 is 0. The van der Waals surface area contributed by atoms with Crippen molar-refractivity contribution < 1.29 is 4.79 Å². The first-order chi connectivity index (χ1) is 15.0. The maximum atomic E-state index is 13.3. The van der Waals surface area contributed by atoms with Crippen LogP contribution in [0.4, 0.5) is 34.1 Å². The highest BCUT2D eigenvalue weighted by atomic mass is 16.1. The quantitative estimate of drug-likeness (QED) is 0.297. The number of nitrogens with one attached hydrogen (secondary N) is 2. The zero-order chi connectivity index (χ0) is 21.4. The number of rotatable bonds is 4. The van der Waals surface area contributed by atoms with Crippen LogP contribution in [0.25, 0.3) is 0 Å². The maximum Gasteiger partial charge on any atom is 0.193 e. The molecule has 0 spiro atoms. The number of carbonyl (C=O) groups is 1. The zero-order valence-electron chi connectivity index (χ0n) is 16.9. The number of hydrogen-bond acceptors (Lipinski definition) is 5. The molecule has 0 saturated heterocycles. The van der Waals surface area contributed by atoms with Crippen molar-refractivity contribution in [3.05, 3.63) is 107 Å². The van der Waals surface area contributed by atoms with Crippen LogP contribution in [0.3, 0.4) is 0 Å². The molecular formula is C26H22N4O. The van der Waals surface area contributed by atoms with Crippen molar-refractivity contribution >= 4 is 39.9 Å². The van der Waals surface area contributed by atoms with Gasteiger partial charge < -0.3 is 22.1 Å². The molecule has 0 radical (unpaired) electrons. The number of ketones is 1. The third-order valence-corrected chi connectivity index (χ3v) is 5.49. The Hall–Kier alpha value is -4.25. The van der Waals surface area contributed by atoms with Crippen LogP contribution in [0.1, 0.15) is 27.0 Å². The van der Waals surface area contributed by atoms with Gasteiger partial charge in [-0.3, -0.25) is 4.79 Å². The second kappa shape index (κ2) is 7.54. The first-order valence-corrected chi connectivity index (χ1v) is 10.1. The Kier molecular flexibility index (Phi) is 4.56. The van der Waals surface area contributed by atoms with Crippen LogP contribution in [-0.2, 0) is 6.42 Å². The van der Waals surface area contributed by atoms with E-state index in [0.29, 0.717) is 11.4 Å². The van der Waals surface area contributed by atoms with Crippen molar-refractivity contribution in [2.24, 2.45) is 0 Å². The van der Waals surface area contributed by atoms with E-state index in [0.717, 1.165) is 51.4 Å². The van der Waals surface area contributed by atoms with Crippen molar-refractivity contribution in [2.75, 3.05) is 22.1 Å². The predicted octanol–water partition coefficient (Wildman–Crippen LogP) is 5.47. The molecule has 1 aliphatic carbocycles. The molecule has 0 unspecified atom stereocenters. The summed E-state index contributed by atoms with van der Waals surface area (Å²) in [5.41, 5.74) is 20.1. The highest BCUT2D eigenvalue weighted by Gasteiger charge is 2.24. The smallest absolute Gasteiger partial charge is 0.193 e. The van der Waals surface area contributed by atoms with Crippen molar-refractivity contribution in [1.29, 1.82) is 0 Å². The van der Waals surface area contributed by atoms with Crippen molar-refractivity contribution in [3.8, 4) is 0 Å². The fraction of sp³-hybridized carbons (Fsp3) is 0.0385. The highest BCUT2D eigenvalue weighted by molar-refractivity contribution is 6.13. The molecule has 4 aromatic carbocycles. The molecule has 0 aromatic heterocycles. The van der Waals surface area contributed by atoms with Gasteiger partial charge in [0.15, 0.2) is 5.78 Å². The lowest BCUT2D eigenvalue weighted by Gasteiger charge is -2.21. The van der Waals surface area contributed by atoms with E-state index >= 15 is 0 Å². The number of benzene rings is 4. The molecule has 5 heteroatoms. The second-order valence-corrected chi connectivity index (χ2v) is 7.74. The van der Waals surface area contributed by atoms with Crippen molar-refractivity contribution in [2.45, 2.75) is 6.42 Å². The fourth-order valence-corrected chi connectivity index (χ4v) is 3.86. The molecule has 0 bridgehead atoms. The summed E-state index contributed by atoms with van der Waals surface area (Å²) in [5.74, 6) is 0.0400. The Morgan fingerprint density at radius 3 is 1.35 bits per heavy atom. The van der Waals surface area contributed by atoms with Crippen LogP contribution >= 0.6 is 0 Å². The highest BCUT2D eigenvalue weighted by Crippen LogP contribution is 2.32. The van der Waals surface area contributed by atoms with E-state index in [1.807, 2.05) is 84.9 Å². The summed E-state index contributed by atoms with van der Waals surface area (Å²) in [6.07, 6.45) is 0.737. The molecule has 1 aliphatic rings. The van der Waals surface area contributed by atoms with E-state index in [1.54, 1.807) is 0 Å². The van der Waals surface area contributed by atoms with Gasteiger partial charge in [-0.05, 0) is 90.3 Å². The number of nitrogen functional groups attached to an aromatic ring is 2. The fourth-order valence-electron chi connectivity index (χ4n) is 3.86. The summed E-state index contributed by atoms with van der Waals surface area (Å²) in [5, 5.41) is 6.69. The molecule has 5 rings (SSSR count). The van der Waals surface area contributed by atoms with E-state index in [4.69, 9.17) is 11.5 Å². The summed E-state index contributed by atoms with van der Waals surface area (Å²) >= 11 is 0. The third-order valence-electron chi connectivity index (χ3n) is 5.49. The Labute approximate surface area is 180 Å². The number of fused-ring (bicyclic) bond motifs is 2. The van der Waals surface area contributed by atoms with Gasteiger partial charge in [0.1, 0.15) is 0 Å². The standard InChI is InChI=1S/C26H22N4O/c27-18-3-9-20(10-4-18)29-22-7-1-16-13-17-2-8-23(15-25(17)26(31)24(16)14-22)30-21-11-5-19(28)6-12-21/h1-12,14-15,29-30H,13,27-28H2. The normalized spacial score (nSPS) is 12.1. The molecule has 0 atom stereocenters. The number of anilines is 6. The third kappa shape index (κ3) is 3.81. The van der Waals surface area contributed by atoms with Crippen molar-refractivity contribution in [3.63, 3.8) is 0 Å². The lowest BCUT2D eigenvalue weighted by atomic mass is 9.84. The Morgan fingerprint density at radius 2 is 0.935 bits per heavy atom. The molecule has 0 heterocycles. The minimum absolute atomic E-state index is 0.0400. The first-order valence-electron chi connectivity index (χ1n) is 10.1. The van der Waals surface area contributed by atoms with Gasteiger partial charge in [0.2, 0.25) is 0 Å². The minimum Gasteiger partial charge on any atom is -0.399 e. The van der Waals surface area contributed by atoms with Gasteiger partial charge in [0.05, 0.1) is 0 Å². The predicted molar refractivity (Wildman–Crippen MR) is 127 cm³/mol. The number of hydrogen-bond donors (Lipinski definition) is 4. The average molecular weight is 406 g/mol. The van der Waals surface area contributed by atoms with Gasteiger partial charge in [-0.15, -0.1) is 0 Å². The summed E-state index contributed by atoms with van der Waals surface area (Å²) in [4.78, 5) is 13.3. The van der Waals surface area contributed by atoms with E-state index in [-0.39, 0.29) is 5.78 Å². The minimum atomic E-state index is 0.0400. The lowest BCUT2D eigenvalue weighted by molar-refractivity contribution is 0.103. The molecule has 5 nitrogen and oxygen atoms in total. The van der Waals surface area contributed by atoms with Gasteiger partial charge in [0.25, 0.3) is 0 Å². The van der Waals surface area contributed by atoms with Gasteiger partial charge in [-0.2, -0.15) is 0 Å². The van der Waals surface area contributed by atoms with E-state index < -0.39 is 0 Å². The van der Waals surface area contributed by atoms with Gasteiger partial charge >= 0.3 is 0 Å². The van der Waals surface area contributed by atoms with Crippen LogP contribution in [0.2, 0.25) is 0 Å². The van der Waals surface area contributed by atoms with Crippen LogP contribution in [0, 0.1) is 0 Å². The van der Waals surface area contributed by atoms with E-state index in [1.165, 1.54) is 0 Å². The molecule has 0 saturated carbocycles.